The molecule has 1 fully saturated rings. The zero-order valence-corrected chi connectivity index (χ0v) is 24.9. The lowest BCUT2D eigenvalue weighted by Gasteiger charge is -2.33. The van der Waals surface area contributed by atoms with E-state index < -0.39 is 32.0 Å². The molecule has 0 amide bonds. The van der Waals surface area contributed by atoms with Crippen LogP contribution < -0.4 is 20.7 Å². The van der Waals surface area contributed by atoms with Crippen molar-refractivity contribution in [2.24, 2.45) is 0 Å². The second-order valence-corrected chi connectivity index (χ2v) is 14.6. The molecule has 12 heteroatoms. The summed E-state index contributed by atoms with van der Waals surface area (Å²) in [5.74, 6) is 6.07. The molecule has 0 bridgehead atoms. The number of hydrogen-bond donors (Lipinski definition) is 2. The number of fused-ring (bicyclic) bond motifs is 1. The third-order valence-electron chi connectivity index (χ3n) is 6.89. The Kier molecular flexibility index (Phi) is 9.23. The Morgan fingerprint density at radius 1 is 1.27 bits per heavy atom. The number of benzene rings is 2. The first-order valence-electron chi connectivity index (χ1n) is 12.9. The van der Waals surface area contributed by atoms with Crippen LogP contribution in [0.2, 0.25) is 0 Å². The van der Waals surface area contributed by atoms with Crippen molar-refractivity contribution in [3.05, 3.63) is 46.3 Å². The number of thiophene rings is 1. The summed E-state index contributed by atoms with van der Waals surface area (Å²) in [7, 11) is 0.626. The molecule has 0 aliphatic carbocycles. The standard InChI is InChI=1S/C29H31F4N4O2PS/c1-37-12-10-23(22(30)17-37)36-24-8-5-7-20-21(15-29(31,32)33)26(41-28(20)24)9-6-11-35-27-18(16-34)13-19(40(3,4)38)14-25(27)39-2/h5,7-8,13-14,22-23,35-36H,10-12,15,17H2,1-4H3/t22-,23+/m0/s1. The monoisotopic (exact) mass is 606 g/mol. The lowest BCUT2D eigenvalue weighted by atomic mass is 10.0. The highest BCUT2D eigenvalue weighted by molar-refractivity contribution is 7.70. The van der Waals surface area contributed by atoms with Gasteiger partial charge in [0.15, 0.2) is 0 Å². The number of nitrogens with zero attached hydrogens (tertiary/aromatic N) is 2. The normalized spacial score (nSPS) is 17.9. The van der Waals surface area contributed by atoms with Gasteiger partial charge in [0, 0.05) is 18.4 Å². The smallest absolute Gasteiger partial charge is 0.393 e. The molecule has 0 saturated carbocycles. The molecule has 1 aliphatic rings. The van der Waals surface area contributed by atoms with Gasteiger partial charge in [-0.25, -0.2) is 4.39 Å². The Labute approximate surface area is 241 Å². The van der Waals surface area contributed by atoms with E-state index in [1.54, 1.807) is 37.6 Å². The van der Waals surface area contributed by atoms with Gasteiger partial charge in [0.05, 0.1) is 52.6 Å². The minimum absolute atomic E-state index is 0.0181. The van der Waals surface area contributed by atoms with Crippen LogP contribution in [0.5, 0.6) is 5.75 Å². The SMILES string of the molecule is COc1cc(P(C)(C)=O)cc(C#N)c1NCC#Cc1sc2c(N[C@@H]3CCN(C)C[C@@H]3F)cccc2c1CC(F)(F)F. The van der Waals surface area contributed by atoms with E-state index in [1.165, 1.54) is 13.2 Å². The Hall–Kier alpha value is -3.24. The van der Waals surface area contributed by atoms with Crippen molar-refractivity contribution in [1.82, 2.24) is 4.90 Å². The second kappa shape index (κ2) is 12.3. The molecule has 0 radical (unpaired) electrons. The Morgan fingerprint density at radius 3 is 2.66 bits per heavy atom. The van der Waals surface area contributed by atoms with E-state index in [-0.39, 0.29) is 22.5 Å². The van der Waals surface area contributed by atoms with Gasteiger partial charge in [-0.1, -0.05) is 24.0 Å². The highest BCUT2D eigenvalue weighted by atomic mass is 32.1. The summed E-state index contributed by atoms with van der Waals surface area (Å²) in [5.41, 5.74) is 1.25. The van der Waals surface area contributed by atoms with E-state index in [0.29, 0.717) is 45.5 Å². The number of halogens is 4. The molecule has 2 heterocycles. The van der Waals surface area contributed by atoms with E-state index in [9.17, 15) is 27.4 Å². The summed E-state index contributed by atoms with van der Waals surface area (Å²) in [4.78, 5) is 2.18. The van der Waals surface area contributed by atoms with E-state index in [1.807, 2.05) is 11.9 Å². The average molecular weight is 607 g/mol. The lowest BCUT2D eigenvalue weighted by molar-refractivity contribution is -0.126. The van der Waals surface area contributed by atoms with Gasteiger partial charge < -0.3 is 24.8 Å². The fraction of sp³-hybridized carbons (Fsp3) is 0.414. The minimum Gasteiger partial charge on any atom is -0.495 e. The van der Waals surface area contributed by atoms with Gasteiger partial charge in [-0.05, 0) is 55.9 Å². The molecule has 0 spiro atoms. The largest absolute Gasteiger partial charge is 0.495 e. The highest BCUT2D eigenvalue weighted by Gasteiger charge is 2.32. The first-order chi connectivity index (χ1) is 19.3. The number of anilines is 2. The molecule has 4 rings (SSSR count). The molecule has 0 unspecified atom stereocenters. The van der Waals surface area contributed by atoms with Crippen LogP contribution in [0.15, 0.2) is 30.3 Å². The van der Waals surface area contributed by atoms with Crippen LogP contribution in [-0.2, 0) is 11.0 Å². The summed E-state index contributed by atoms with van der Waals surface area (Å²) in [6, 6.07) is 9.83. The quantitative estimate of drug-likeness (QED) is 0.194. The third-order valence-corrected chi connectivity index (χ3v) is 9.58. The average Bonchev–Trinajstić information content (AvgIpc) is 3.23. The molecule has 218 valence electrons. The molecule has 3 aromatic rings. The zero-order chi connectivity index (χ0) is 29.9. The van der Waals surface area contributed by atoms with Gasteiger partial charge in [-0.2, -0.15) is 18.4 Å². The predicted molar refractivity (Wildman–Crippen MR) is 158 cm³/mol. The van der Waals surface area contributed by atoms with E-state index >= 15 is 0 Å². The van der Waals surface area contributed by atoms with Crippen LogP contribution in [0.3, 0.4) is 0 Å². The molecular weight excluding hydrogens is 575 g/mol. The molecule has 1 saturated heterocycles. The fourth-order valence-corrected chi connectivity index (χ4v) is 6.82. The van der Waals surface area contributed by atoms with Crippen LogP contribution in [0.4, 0.5) is 28.9 Å². The van der Waals surface area contributed by atoms with E-state index in [0.717, 1.165) is 17.9 Å². The van der Waals surface area contributed by atoms with Gasteiger partial charge in [-0.3, -0.25) is 0 Å². The minimum atomic E-state index is -4.45. The molecule has 1 aromatic heterocycles. The first-order valence-corrected chi connectivity index (χ1v) is 16.3. The first kappa shape index (κ1) is 30.7. The molecule has 2 N–H and O–H groups in total. The number of nitriles is 1. The zero-order valence-electron chi connectivity index (χ0n) is 23.2. The number of piperidine rings is 1. The van der Waals surface area contributed by atoms with Crippen molar-refractivity contribution in [3.8, 4) is 23.7 Å². The van der Waals surface area contributed by atoms with Crippen molar-refractivity contribution in [1.29, 1.82) is 5.26 Å². The molecule has 2 atom stereocenters. The van der Waals surface area contributed by atoms with E-state index in [2.05, 4.69) is 28.5 Å². The van der Waals surface area contributed by atoms with Crippen molar-refractivity contribution in [3.63, 3.8) is 0 Å². The van der Waals surface area contributed by atoms with Gasteiger partial charge in [0.1, 0.15) is 25.1 Å². The van der Waals surface area contributed by atoms with Crippen molar-refractivity contribution in [2.75, 3.05) is 57.8 Å². The topological polar surface area (TPSA) is 77.4 Å². The van der Waals surface area contributed by atoms with Crippen molar-refractivity contribution >= 4 is 45.2 Å². The van der Waals surface area contributed by atoms with Crippen molar-refractivity contribution in [2.45, 2.75) is 31.2 Å². The number of alkyl halides is 4. The summed E-state index contributed by atoms with van der Waals surface area (Å²) in [6.07, 6.45) is -6.11. The summed E-state index contributed by atoms with van der Waals surface area (Å²) < 4.78 is 74.0. The number of hydrogen-bond acceptors (Lipinski definition) is 7. The highest BCUT2D eigenvalue weighted by Crippen LogP contribution is 2.40. The number of ether oxygens (including phenoxy) is 1. The summed E-state index contributed by atoms with van der Waals surface area (Å²) in [5, 5.41) is 16.8. The Balaban J connectivity index is 1.65. The van der Waals surface area contributed by atoms with Gasteiger partial charge in [0.2, 0.25) is 0 Å². The predicted octanol–water partition coefficient (Wildman–Crippen LogP) is 6.05. The third kappa shape index (κ3) is 7.35. The van der Waals surface area contributed by atoms with Crippen LogP contribution in [0.25, 0.3) is 10.1 Å². The van der Waals surface area contributed by atoms with Gasteiger partial charge in [-0.15, -0.1) is 11.3 Å². The van der Waals surface area contributed by atoms with Crippen LogP contribution >= 0.6 is 18.5 Å². The van der Waals surface area contributed by atoms with Gasteiger partial charge >= 0.3 is 6.18 Å². The Morgan fingerprint density at radius 2 is 2.02 bits per heavy atom. The molecule has 41 heavy (non-hydrogen) atoms. The van der Waals surface area contributed by atoms with Crippen LogP contribution in [-0.4, -0.2) is 70.4 Å². The van der Waals surface area contributed by atoms with E-state index in [4.69, 9.17) is 4.74 Å². The second-order valence-electron chi connectivity index (χ2n) is 10.4. The number of rotatable bonds is 7. The fourth-order valence-electron chi connectivity index (χ4n) is 4.78. The molecular formula is C29H31F4N4O2PS. The number of nitrogens with one attached hydrogen (secondary N) is 2. The molecule has 1 aliphatic heterocycles. The van der Waals surface area contributed by atoms with Crippen molar-refractivity contribution < 1.29 is 26.9 Å². The number of methoxy groups -OCH3 is 1. The van der Waals surface area contributed by atoms with Gasteiger partial charge in [0.25, 0.3) is 0 Å². The molecule has 6 nitrogen and oxygen atoms in total. The lowest BCUT2D eigenvalue weighted by Crippen LogP contribution is -2.46. The summed E-state index contributed by atoms with van der Waals surface area (Å²) >= 11 is 1.14. The van der Waals surface area contributed by atoms with Crippen LogP contribution in [0.1, 0.15) is 22.4 Å². The number of likely N-dealkylation sites (tertiary alicyclic amines) is 1. The molecule has 2 aromatic carbocycles. The maximum Gasteiger partial charge on any atom is 0.393 e. The Bertz CT molecular complexity index is 1580. The maximum atomic E-state index is 14.7. The van der Waals surface area contributed by atoms with Crippen LogP contribution in [0, 0.1) is 23.2 Å². The summed E-state index contributed by atoms with van der Waals surface area (Å²) in [6.45, 7) is 4.21. The maximum absolute atomic E-state index is 14.7.